The molecule has 1 saturated heterocycles. The zero-order valence-corrected chi connectivity index (χ0v) is 12.2. The molecule has 0 aliphatic carbocycles. The molecule has 1 aromatic heterocycles. The average Bonchev–Trinajstić information content (AvgIpc) is 2.65. The summed E-state index contributed by atoms with van der Waals surface area (Å²) in [4.78, 5) is 11.0. The van der Waals surface area contributed by atoms with Gasteiger partial charge in [-0.15, -0.1) is 0 Å². The van der Waals surface area contributed by atoms with Crippen molar-refractivity contribution in [1.82, 2.24) is 9.97 Å². The zero-order chi connectivity index (χ0) is 13.8. The first-order valence-corrected chi connectivity index (χ1v) is 7.17. The van der Waals surface area contributed by atoms with E-state index in [4.69, 9.17) is 5.84 Å². The van der Waals surface area contributed by atoms with Gasteiger partial charge in [-0.05, 0) is 38.0 Å². The molecule has 0 aromatic carbocycles. The van der Waals surface area contributed by atoms with Crippen LogP contribution in [0.1, 0.15) is 38.7 Å². The fourth-order valence-corrected chi connectivity index (χ4v) is 2.82. The van der Waals surface area contributed by atoms with E-state index in [1.165, 1.54) is 19.3 Å². The fourth-order valence-electron chi connectivity index (χ4n) is 2.82. The third-order valence-corrected chi connectivity index (χ3v) is 4.09. The third kappa shape index (κ3) is 3.35. The highest BCUT2D eigenvalue weighted by molar-refractivity contribution is 5.48. The molecule has 1 atom stereocenters. The van der Waals surface area contributed by atoms with E-state index >= 15 is 0 Å². The lowest BCUT2D eigenvalue weighted by Crippen LogP contribution is -2.27. The smallest absolute Gasteiger partial charge is 0.239 e. The molecule has 1 aliphatic heterocycles. The van der Waals surface area contributed by atoms with Gasteiger partial charge in [0.25, 0.3) is 0 Å². The van der Waals surface area contributed by atoms with Crippen molar-refractivity contribution in [3.63, 3.8) is 0 Å². The van der Waals surface area contributed by atoms with Crippen molar-refractivity contribution in [2.24, 2.45) is 17.7 Å². The molecule has 1 aromatic rings. The van der Waals surface area contributed by atoms with Crippen LogP contribution >= 0.6 is 0 Å². The highest BCUT2D eigenvalue weighted by Gasteiger charge is 2.21. The van der Waals surface area contributed by atoms with Crippen molar-refractivity contribution >= 4 is 11.8 Å². The van der Waals surface area contributed by atoms with Crippen molar-refractivity contribution < 1.29 is 0 Å². The van der Waals surface area contributed by atoms with E-state index in [9.17, 15) is 0 Å². The average molecular weight is 263 g/mol. The fraction of sp³-hybridized carbons (Fsp3) is 0.714. The second kappa shape index (κ2) is 6.19. The topological polar surface area (TPSA) is 67.1 Å². The van der Waals surface area contributed by atoms with Crippen LogP contribution in [-0.4, -0.2) is 23.1 Å². The molecule has 1 aliphatic rings. The number of nitrogens with zero attached hydrogens (tertiary/aromatic N) is 3. The molecule has 1 fully saturated rings. The number of hydrazine groups is 1. The van der Waals surface area contributed by atoms with Gasteiger partial charge >= 0.3 is 0 Å². The SMILES string of the molecule is Cc1cnc(NN)nc1N1CCCC(C(C)C)CC1. The summed E-state index contributed by atoms with van der Waals surface area (Å²) in [6.07, 6.45) is 5.63. The Kier molecular flexibility index (Phi) is 4.58. The van der Waals surface area contributed by atoms with Crippen LogP contribution in [0, 0.1) is 18.8 Å². The molecular weight excluding hydrogens is 238 g/mol. The van der Waals surface area contributed by atoms with Gasteiger partial charge in [0, 0.05) is 24.8 Å². The van der Waals surface area contributed by atoms with Gasteiger partial charge in [-0.3, -0.25) is 5.43 Å². The number of aryl methyl sites for hydroxylation is 1. The monoisotopic (exact) mass is 263 g/mol. The molecule has 1 unspecified atom stereocenters. The maximum absolute atomic E-state index is 5.40. The number of hydrogen-bond donors (Lipinski definition) is 2. The van der Waals surface area contributed by atoms with Gasteiger partial charge in [0.2, 0.25) is 5.95 Å². The van der Waals surface area contributed by atoms with E-state index < -0.39 is 0 Å². The van der Waals surface area contributed by atoms with Gasteiger partial charge in [-0.25, -0.2) is 10.8 Å². The molecule has 5 heteroatoms. The molecular formula is C14H25N5. The lowest BCUT2D eigenvalue weighted by Gasteiger charge is -2.24. The van der Waals surface area contributed by atoms with Crippen LogP contribution in [0.2, 0.25) is 0 Å². The van der Waals surface area contributed by atoms with Crippen molar-refractivity contribution in [1.29, 1.82) is 0 Å². The van der Waals surface area contributed by atoms with Crippen LogP contribution in [0.3, 0.4) is 0 Å². The predicted molar refractivity (Wildman–Crippen MR) is 79.0 cm³/mol. The number of hydrogen-bond acceptors (Lipinski definition) is 5. The Balaban J connectivity index is 2.13. The highest BCUT2D eigenvalue weighted by atomic mass is 15.3. The Morgan fingerprint density at radius 2 is 2.16 bits per heavy atom. The summed E-state index contributed by atoms with van der Waals surface area (Å²) in [5, 5.41) is 0. The predicted octanol–water partition coefficient (Wildman–Crippen LogP) is 2.33. The van der Waals surface area contributed by atoms with E-state index in [0.29, 0.717) is 5.95 Å². The second-order valence-corrected chi connectivity index (χ2v) is 5.77. The highest BCUT2D eigenvalue weighted by Crippen LogP contribution is 2.27. The van der Waals surface area contributed by atoms with E-state index in [1.54, 1.807) is 0 Å². The van der Waals surface area contributed by atoms with Gasteiger partial charge in [0.15, 0.2) is 0 Å². The number of anilines is 2. The first-order valence-electron chi connectivity index (χ1n) is 7.17. The van der Waals surface area contributed by atoms with Crippen LogP contribution in [0.15, 0.2) is 6.20 Å². The Bertz CT molecular complexity index is 418. The Labute approximate surface area is 115 Å². The van der Waals surface area contributed by atoms with Crippen molar-refractivity contribution in [3.05, 3.63) is 11.8 Å². The van der Waals surface area contributed by atoms with E-state index in [2.05, 4.69) is 41.1 Å². The first-order chi connectivity index (χ1) is 9.11. The number of aromatic nitrogens is 2. The van der Waals surface area contributed by atoms with E-state index in [1.807, 2.05) is 6.20 Å². The van der Waals surface area contributed by atoms with Crippen LogP contribution in [-0.2, 0) is 0 Å². The summed E-state index contributed by atoms with van der Waals surface area (Å²) in [5.41, 5.74) is 3.64. The largest absolute Gasteiger partial charge is 0.356 e. The molecule has 19 heavy (non-hydrogen) atoms. The van der Waals surface area contributed by atoms with Gasteiger partial charge in [-0.2, -0.15) is 4.98 Å². The zero-order valence-electron chi connectivity index (χ0n) is 12.2. The number of rotatable bonds is 3. The van der Waals surface area contributed by atoms with E-state index in [-0.39, 0.29) is 0 Å². The quantitative estimate of drug-likeness (QED) is 0.647. The maximum atomic E-state index is 5.40. The summed E-state index contributed by atoms with van der Waals surface area (Å²) in [7, 11) is 0. The molecule has 0 spiro atoms. The molecule has 3 N–H and O–H groups in total. The van der Waals surface area contributed by atoms with Gasteiger partial charge < -0.3 is 4.90 Å². The second-order valence-electron chi connectivity index (χ2n) is 5.77. The van der Waals surface area contributed by atoms with Gasteiger partial charge in [-0.1, -0.05) is 13.8 Å². The van der Waals surface area contributed by atoms with Gasteiger partial charge in [0.1, 0.15) is 5.82 Å². The lowest BCUT2D eigenvalue weighted by molar-refractivity contribution is 0.351. The van der Waals surface area contributed by atoms with Crippen molar-refractivity contribution in [2.45, 2.75) is 40.0 Å². The Morgan fingerprint density at radius 3 is 2.84 bits per heavy atom. The first kappa shape index (κ1) is 14.1. The van der Waals surface area contributed by atoms with E-state index in [0.717, 1.165) is 36.3 Å². The Morgan fingerprint density at radius 1 is 1.37 bits per heavy atom. The minimum Gasteiger partial charge on any atom is -0.356 e. The van der Waals surface area contributed by atoms with Gasteiger partial charge in [0.05, 0.1) is 0 Å². The van der Waals surface area contributed by atoms with Crippen LogP contribution in [0.25, 0.3) is 0 Å². The Hall–Kier alpha value is -1.36. The number of nitrogens with one attached hydrogen (secondary N) is 1. The normalized spacial score (nSPS) is 20.5. The van der Waals surface area contributed by atoms with Crippen LogP contribution in [0.4, 0.5) is 11.8 Å². The van der Waals surface area contributed by atoms with Crippen molar-refractivity contribution in [3.8, 4) is 0 Å². The molecule has 5 nitrogen and oxygen atoms in total. The summed E-state index contributed by atoms with van der Waals surface area (Å²) in [6, 6.07) is 0. The summed E-state index contributed by atoms with van der Waals surface area (Å²) >= 11 is 0. The molecule has 2 rings (SSSR count). The number of nitrogens with two attached hydrogens (primary N) is 1. The minimum absolute atomic E-state index is 0.491. The molecule has 0 bridgehead atoms. The molecule has 0 amide bonds. The number of nitrogen functional groups attached to an aromatic ring is 1. The molecule has 2 heterocycles. The maximum Gasteiger partial charge on any atom is 0.239 e. The summed E-state index contributed by atoms with van der Waals surface area (Å²) < 4.78 is 0. The third-order valence-electron chi connectivity index (χ3n) is 4.09. The minimum atomic E-state index is 0.491. The van der Waals surface area contributed by atoms with Crippen LogP contribution < -0.4 is 16.2 Å². The summed E-state index contributed by atoms with van der Waals surface area (Å²) in [5.74, 6) is 8.51. The molecule has 106 valence electrons. The van der Waals surface area contributed by atoms with Crippen molar-refractivity contribution in [2.75, 3.05) is 23.4 Å². The molecule has 0 radical (unpaired) electrons. The molecule has 0 saturated carbocycles. The standard InChI is InChI=1S/C14H25N5/c1-10(2)12-5-4-7-19(8-6-12)13-11(3)9-16-14(17-13)18-15/h9-10,12H,4-8,15H2,1-3H3,(H,16,17,18). The van der Waals surface area contributed by atoms with Crippen LogP contribution in [0.5, 0.6) is 0 Å². The lowest BCUT2D eigenvalue weighted by atomic mass is 9.89. The summed E-state index contributed by atoms with van der Waals surface area (Å²) in [6.45, 7) is 8.86.